The molecule has 0 aliphatic carbocycles. The van der Waals surface area contributed by atoms with Crippen molar-refractivity contribution in [2.24, 2.45) is 0 Å². The second-order valence-electron chi connectivity index (χ2n) is 6.51. The molecule has 0 aliphatic rings. The van der Waals surface area contributed by atoms with Gasteiger partial charge in [-0.05, 0) is 50.5 Å². The molecule has 136 valence electrons. The largest absolute Gasteiger partial charge is 0.353 e. The van der Waals surface area contributed by atoms with Crippen LogP contribution in [0.25, 0.3) is 5.69 Å². The molecule has 2 rings (SSSR count). The molecule has 0 bridgehead atoms. The molecule has 0 aliphatic heterocycles. The summed E-state index contributed by atoms with van der Waals surface area (Å²) in [5, 5.41) is 11.9. The van der Waals surface area contributed by atoms with Gasteiger partial charge in [0.05, 0.1) is 5.75 Å². The Hall–Kier alpha value is -1.82. The lowest BCUT2D eigenvalue weighted by molar-refractivity contribution is -0.119. The van der Waals surface area contributed by atoms with Gasteiger partial charge in [0.25, 0.3) is 0 Å². The summed E-state index contributed by atoms with van der Waals surface area (Å²) >= 11 is 1.41. The average molecular weight is 361 g/mol. The summed E-state index contributed by atoms with van der Waals surface area (Å²) in [5.41, 5.74) is 3.49. The van der Waals surface area contributed by atoms with E-state index in [9.17, 15) is 4.79 Å². The monoisotopic (exact) mass is 360 g/mol. The minimum Gasteiger partial charge on any atom is -0.353 e. The van der Waals surface area contributed by atoms with Crippen LogP contribution in [0.4, 0.5) is 0 Å². The average Bonchev–Trinajstić information content (AvgIpc) is 3.04. The highest BCUT2D eigenvalue weighted by Gasteiger charge is 2.12. The van der Waals surface area contributed by atoms with E-state index in [1.807, 2.05) is 10.6 Å². The second-order valence-corrected chi connectivity index (χ2v) is 7.45. The Bertz CT molecular complexity index is 698. The molecule has 0 spiro atoms. The Morgan fingerprint density at radius 2 is 2.08 bits per heavy atom. The van der Waals surface area contributed by atoms with Crippen LogP contribution >= 0.6 is 11.8 Å². The number of carbonyl (C=O) groups excluding carboxylic acids is 1. The first kappa shape index (κ1) is 19.5. The fourth-order valence-corrected chi connectivity index (χ4v) is 3.33. The van der Waals surface area contributed by atoms with Crippen LogP contribution in [-0.4, -0.2) is 32.5 Å². The normalized spacial score (nSPS) is 12.2. The summed E-state index contributed by atoms with van der Waals surface area (Å²) in [5.74, 6) is 0.394. The fraction of sp³-hybridized carbons (Fsp3) is 0.526. The van der Waals surface area contributed by atoms with E-state index in [2.05, 4.69) is 55.3 Å². The van der Waals surface area contributed by atoms with Gasteiger partial charge in [-0.3, -0.25) is 9.36 Å². The number of aryl methyl sites for hydroxylation is 2. The summed E-state index contributed by atoms with van der Waals surface area (Å²) in [7, 11) is 0. The van der Waals surface area contributed by atoms with Gasteiger partial charge in [0.2, 0.25) is 5.91 Å². The number of unbranched alkanes of at least 4 members (excludes halogenated alkanes) is 2. The number of thioether (sulfide) groups is 1. The Morgan fingerprint density at radius 3 is 2.80 bits per heavy atom. The van der Waals surface area contributed by atoms with Gasteiger partial charge in [-0.25, -0.2) is 0 Å². The summed E-state index contributed by atoms with van der Waals surface area (Å²) in [4.78, 5) is 12.1. The van der Waals surface area contributed by atoms with Crippen LogP contribution in [0.1, 0.15) is 50.7 Å². The molecule has 25 heavy (non-hydrogen) atoms. The van der Waals surface area contributed by atoms with Crippen molar-refractivity contribution in [2.75, 3.05) is 5.75 Å². The van der Waals surface area contributed by atoms with E-state index >= 15 is 0 Å². The maximum atomic E-state index is 12.1. The predicted octanol–water partition coefficient (Wildman–Crippen LogP) is 4.06. The van der Waals surface area contributed by atoms with Crippen molar-refractivity contribution in [3.63, 3.8) is 0 Å². The van der Waals surface area contributed by atoms with Crippen molar-refractivity contribution in [3.05, 3.63) is 35.7 Å². The van der Waals surface area contributed by atoms with Crippen LogP contribution in [0, 0.1) is 13.8 Å². The van der Waals surface area contributed by atoms with Gasteiger partial charge in [0, 0.05) is 11.7 Å². The van der Waals surface area contributed by atoms with Crippen LogP contribution in [0.2, 0.25) is 0 Å². The van der Waals surface area contributed by atoms with Gasteiger partial charge in [-0.2, -0.15) is 0 Å². The Balaban J connectivity index is 1.90. The lowest BCUT2D eigenvalue weighted by Gasteiger charge is -2.13. The first-order valence-electron chi connectivity index (χ1n) is 8.91. The molecule has 2 aromatic rings. The molecule has 1 heterocycles. The minimum absolute atomic E-state index is 0.0450. The van der Waals surface area contributed by atoms with E-state index in [-0.39, 0.29) is 11.9 Å². The molecule has 1 unspecified atom stereocenters. The third-order valence-electron chi connectivity index (χ3n) is 4.27. The number of nitrogens with zero attached hydrogens (tertiary/aromatic N) is 3. The number of amides is 1. The van der Waals surface area contributed by atoms with Crippen molar-refractivity contribution >= 4 is 17.7 Å². The number of aromatic nitrogens is 3. The molecule has 1 N–H and O–H groups in total. The first-order chi connectivity index (χ1) is 12.0. The minimum atomic E-state index is 0.0450. The molecule has 0 radical (unpaired) electrons. The number of hydrogen-bond acceptors (Lipinski definition) is 4. The van der Waals surface area contributed by atoms with E-state index in [1.54, 1.807) is 6.33 Å². The predicted molar refractivity (Wildman–Crippen MR) is 103 cm³/mol. The Labute approximate surface area is 154 Å². The molecule has 5 nitrogen and oxygen atoms in total. The summed E-state index contributed by atoms with van der Waals surface area (Å²) in [6.45, 7) is 8.43. The van der Waals surface area contributed by atoms with Crippen LogP contribution in [0.5, 0.6) is 0 Å². The van der Waals surface area contributed by atoms with Gasteiger partial charge in [-0.15, -0.1) is 10.2 Å². The Kier molecular flexibility index (Phi) is 7.50. The van der Waals surface area contributed by atoms with Gasteiger partial charge in [0.15, 0.2) is 5.16 Å². The van der Waals surface area contributed by atoms with E-state index < -0.39 is 0 Å². The highest BCUT2D eigenvalue weighted by Crippen LogP contribution is 2.21. The van der Waals surface area contributed by atoms with Crippen LogP contribution < -0.4 is 5.32 Å². The molecule has 6 heteroatoms. The van der Waals surface area contributed by atoms with Crippen LogP contribution in [-0.2, 0) is 4.79 Å². The zero-order valence-corrected chi connectivity index (χ0v) is 16.4. The van der Waals surface area contributed by atoms with E-state index in [0.717, 1.165) is 23.7 Å². The molecular formula is C19H28N4OS. The molecule has 0 saturated carbocycles. The molecule has 1 aromatic heterocycles. The smallest absolute Gasteiger partial charge is 0.230 e. The van der Waals surface area contributed by atoms with Crippen LogP contribution in [0.3, 0.4) is 0 Å². The van der Waals surface area contributed by atoms with Crippen molar-refractivity contribution in [2.45, 2.75) is 64.6 Å². The zero-order valence-electron chi connectivity index (χ0n) is 15.6. The van der Waals surface area contributed by atoms with Crippen LogP contribution in [0.15, 0.2) is 29.7 Å². The number of rotatable bonds is 9. The highest BCUT2D eigenvalue weighted by atomic mass is 32.2. The molecular weight excluding hydrogens is 332 g/mol. The highest BCUT2D eigenvalue weighted by molar-refractivity contribution is 7.99. The standard InChI is InChI=1S/C19H28N4OS/c1-5-6-7-8-16(4)21-18(24)12-25-19-22-20-13-23(19)17-10-9-14(2)15(3)11-17/h9-11,13,16H,5-8,12H2,1-4H3,(H,21,24). The maximum Gasteiger partial charge on any atom is 0.230 e. The molecule has 0 fully saturated rings. The van der Waals surface area contributed by atoms with E-state index in [4.69, 9.17) is 0 Å². The lowest BCUT2D eigenvalue weighted by Crippen LogP contribution is -2.33. The summed E-state index contributed by atoms with van der Waals surface area (Å²) < 4.78 is 1.93. The third kappa shape index (κ3) is 5.88. The van der Waals surface area contributed by atoms with Crippen molar-refractivity contribution in [3.8, 4) is 5.69 Å². The van der Waals surface area contributed by atoms with E-state index in [1.165, 1.54) is 35.7 Å². The van der Waals surface area contributed by atoms with Crippen molar-refractivity contribution < 1.29 is 4.79 Å². The lowest BCUT2D eigenvalue weighted by atomic mass is 10.1. The van der Waals surface area contributed by atoms with Gasteiger partial charge in [0.1, 0.15) is 6.33 Å². The molecule has 0 saturated heterocycles. The van der Waals surface area contributed by atoms with Crippen molar-refractivity contribution in [1.29, 1.82) is 0 Å². The third-order valence-corrected chi connectivity index (χ3v) is 5.21. The first-order valence-corrected chi connectivity index (χ1v) is 9.89. The van der Waals surface area contributed by atoms with Gasteiger partial charge in [-0.1, -0.05) is 44.0 Å². The number of benzene rings is 1. The van der Waals surface area contributed by atoms with Gasteiger partial charge >= 0.3 is 0 Å². The fourth-order valence-electron chi connectivity index (χ4n) is 2.59. The molecule has 1 amide bonds. The number of hydrogen-bond donors (Lipinski definition) is 1. The van der Waals surface area contributed by atoms with E-state index in [0.29, 0.717) is 5.75 Å². The summed E-state index contributed by atoms with van der Waals surface area (Å²) in [6.07, 6.45) is 6.30. The number of carbonyl (C=O) groups is 1. The maximum absolute atomic E-state index is 12.1. The second kappa shape index (κ2) is 9.61. The number of nitrogens with one attached hydrogen (secondary N) is 1. The molecule has 1 aromatic carbocycles. The molecule has 1 atom stereocenters. The van der Waals surface area contributed by atoms with Crippen molar-refractivity contribution in [1.82, 2.24) is 20.1 Å². The summed E-state index contributed by atoms with van der Waals surface area (Å²) in [6, 6.07) is 6.46. The topological polar surface area (TPSA) is 59.8 Å². The van der Waals surface area contributed by atoms with Gasteiger partial charge < -0.3 is 5.32 Å². The Morgan fingerprint density at radius 1 is 1.28 bits per heavy atom. The quantitative estimate of drug-likeness (QED) is 0.541. The SMILES string of the molecule is CCCCCC(C)NC(=O)CSc1nncn1-c1ccc(C)c(C)c1. The zero-order chi connectivity index (χ0) is 18.2.